The highest BCUT2D eigenvalue weighted by Crippen LogP contribution is 2.22. The largest absolute Gasteiger partial charge is 0.451 e. The van der Waals surface area contributed by atoms with Crippen LogP contribution in [0.1, 0.15) is 23.9 Å². The summed E-state index contributed by atoms with van der Waals surface area (Å²) in [5.74, 6) is -1.36. The van der Waals surface area contributed by atoms with E-state index in [0.717, 1.165) is 16.3 Å². The Morgan fingerprint density at radius 1 is 1.24 bits per heavy atom. The molecule has 10 heteroatoms. The molecule has 0 saturated heterocycles. The van der Waals surface area contributed by atoms with E-state index in [0.29, 0.717) is 22.6 Å². The van der Waals surface area contributed by atoms with Gasteiger partial charge in [-0.25, -0.2) is 8.42 Å². The van der Waals surface area contributed by atoms with Crippen LogP contribution in [0, 0.1) is 20.8 Å². The summed E-state index contributed by atoms with van der Waals surface area (Å²) in [6.07, 6.45) is -0.101. The number of aryl methyl sites for hydroxylation is 3. The van der Waals surface area contributed by atoms with Crippen molar-refractivity contribution < 1.29 is 22.7 Å². The molecule has 0 spiro atoms. The van der Waals surface area contributed by atoms with E-state index in [1.807, 2.05) is 0 Å². The molecule has 1 heterocycles. The van der Waals surface area contributed by atoms with E-state index < -0.39 is 34.5 Å². The Morgan fingerprint density at radius 3 is 2.38 bits per heavy atom. The number of nitrogens with one attached hydrogen (secondary N) is 1. The van der Waals surface area contributed by atoms with Gasteiger partial charge in [0.05, 0.1) is 29.0 Å². The summed E-state index contributed by atoms with van der Waals surface area (Å²) in [5.41, 5.74) is 3.03. The number of rotatable bonds is 7. The number of aromatic nitrogens is 2. The van der Waals surface area contributed by atoms with Crippen LogP contribution < -0.4 is 9.62 Å². The molecule has 9 nitrogen and oxygen atoms in total. The second-order valence-corrected chi connectivity index (χ2v) is 8.75. The molecule has 1 atom stereocenters. The third kappa shape index (κ3) is 5.35. The number of esters is 1. The summed E-state index contributed by atoms with van der Waals surface area (Å²) < 4.78 is 32.1. The first-order valence-electron chi connectivity index (χ1n) is 8.95. The third-order valence-corrected chi connectivity index (χ3v) is 5.62. The van der Waals surface area contributed by atoms with Crippen LogP contribution in [0.3, 0.4) is 0 Å². The molecule has 1 N–H and O–H groups in total. The standard InChI is InChI=1S/C19H26N4O5S/c1-12-9-7-8-10-16(12)23(29(6,26)27)11-17(24)28-15(4)19(25)20-18-13(2)21-22(5)14(18)3/h7-10,15H,11H2,1-6H3,(H,20,25). The van der Waals surface area contributed by atoms with Crippen LogP contribution in [-0.4, -0.2) is 49.0 Å². The molecule has 0 aliphatic heterocycles. The Morgan fingerprint density at radius 2 is 1.86 bits per heavy atom. The Bertz CT molecular complexity index is 1030. The molecule has 1 aromatic heterocycles. The van der Waals surface area contributed by atoms with E-state index in [4.69, 9.17) is 4.74 Å². The minimum Gasteiger partial charge on any atom is -0.451 e. The van der Waals surface area contributed by atoms with Gasteiger partial charge in [-0.15, -0.1) is 0 Å². The number of sulfonamides is 1. The molecule has 1 unspecified atom stereocenters. The number of nitrogens with zero attached hydrogens (tertiary/aromatic N) is 3. The van der Waals surface area contributed by atoms with E-state index in [-0.39, 0.29) is 0 Å². The number of hydrogen-bond acceptors (Lipinski definition) is 6. The molecule has 0 aliphatic rings. The Labute approximate surface area is 170 Å². The lowest BCUT2D eigenvalue weighted by Gasteiger charge is -2.24. The molecule has 0 aliphatic carbocycles. The number of carbonyl (C=O) groups excluding carboxylic acids is 2. The zero-order chi connectivity index (χ0) is 21.9. The highest BCUT2D eigenvalue weighted by atomic mass is 32.2. The lowest BCUT2D eigenvalue weighted by molar-refractivity contribution is -0.151. The summed E-state index contributed by atoms with van der Waals surface area (Å²) in [5, 5.41) is 6.91. The fourth-order valence-corrected chi connectivity index (χ4v) is 3.71. The van der Waals surface area contributed by atoms with E-state index >= 15 is 0 Å². The van der Waals surface area contributed by atoms with Crippen molar-refractivity contribution in [1.29, 1.82) is 0 Å². The molecule has 2 aromatic rings. The highest BCUT2D eigenvalue weighted by molar-refractivity contribution is 7.92. The summed E-state index contributed by atoms with van der Waals surface area (Å²) in [7, 11) is -1.97. The van der Waals surface area contributed by atoms with Gasteiger partial charge in [0, 0.05) is 7.05 Å². The molecule has 158 valence electrons. The normalized spacial score (nSPS) is 12.3. The summed E-state index contributed by atoms with van der Waals surface area (Å²) in [6.45, 7) is 6.19. The van der Waals surface area contributed by atoms with E-state index in [2.05, 4.69) is 10.4 Å². The van der Waals surface area contributed by atoms with Crippen LogP contribution in [0.5, 0.6) is 0 Å². The monoisotopic (exact) mass is 422 g/mol. The second kappa shape index (κ2) is 8.64. The first kappa shape index (κ1) is 22.4. The van der Waals surface area contributed by atoms with Crippen molar-refractivity contribution in [3.8, 4) is 0 Å². The number of hydrogen-bond donors (Lipinski definition) is 1. The zero-order valence-electron chi connectivity index (χ0n) is 17.4. The average molecular weight is 423 g/mol. The van der Waals surface area contributed by atoms with Gasteiger partial charge in [-0.3, -0.25) is 18.6 Å². The molecule has 1 aromatic carbocycles. The van der Waals surface area contributed by atoms with Crippen molar-refractivity contribution in [2.45, 2.75) is 33.8 Å². The predicted molar refractivity (Wildman–Crippen MR) is 110 cm³/mol. The molecule has 29 heavy (non-hydrogen) atoms. The SMILES string of the molecule is Cc1ccccc1N(CC(=O)OC(C)C(=O)Nc1c(C)nn(C)c1C)S(C)(=O)=O. The van der Waals surface area contributed by atoms with E-state index in [1.54, 1.807) is 56.8 Å². The lowest BCUT2D eigenvalue weighted by atomic mass is 10.2. The molecular formula is C19H26N4O5S. The first-order valence-corrected chi connectivity index (χ1v) is 10.8. The molecule has 1 amide bonds. The summed E-state index contributed by atoms with van der Waals surface area (Å²) in [6, 6.07) is 6.80. The minimum atomic E-state index is -3.73. The number of benzene rings is 1. The van der Waals surface area contributed by atoms with Gasteiger partial charge >= 0.3 is 5.97 Å². The van der Waals surface area contributed by atoms with E-state index in [9.17, 15) is 18.0 Å². The predicted octanol–water partition coefficient (Wildman–Crippen LogP) is 1.68. The van der Waals surface area contributed by atoms with Crippen molar-refractivity contribution in [2.75, 3.05) is 22.4 Å². The van der Waals surface area contributed by atoms with Crippen LogP contribution in [0.4, 0.5) is 11.4 Å². The van der Waals surface area contributed by atoms with Crippen LogP contribution in [0.25, 0.3) is 0 Å². The maximum Gasteiger partial charge on any atom is 0.327 e. The van der Waals surface area contributed by atoms with Gasteiger partial charge in [-0.1, -0.05) is 18.2 Å². The van der Waals surface area contributed by atoms with Gasteiger partial charge in [-0.05, 0) is 39.3 Å². The molecule has 0 fully saturated rings. The van der Waals surface area contributed by atoms with Gasteiger partial charge in [-0.2, -0.15) is 5.10 Å². The van der Waals surface area contributed by atoms with Crippen LogP contribution in [-0.2, 0) is 31.4 Å². The first-order chi connectivity index (χ1) is 13.4. The highest BCUT2D eigenvalue weighted by Gasteiger charge is 2.26. The van der Waals surface area contributed by atoms with Crippen molar-refractivity contribution in [3.63, 3.8) is 0 Å². The van der Waals surface area contributed by atoms with Crippen LogP contribution in [0.15, 0.2) is 24.3 Å². The lowest BCUT2D eigenvalue weighted by Crippen LogP contribution is -2.39. The number of ether oxygens (including phenoxy) is 1. The van der Waals surface area contributed by atoms with Gasteiger partial charge in [0.25, 0.3) is 5.91 Å². The molecule has 0 saturated carbocycles. The molecule has 0 radical (unpaired) electrons. The Balaban J connectivity index is 2.09. The van der Waals surface area contributed by atoms with Crippen LogP contribution in [0.2, 0.25) is 0 Å². The third-order valence-electron chi connectivity index (χ3n) is 4.49. The molecular weight excluding hydrogens is 396 g/mol. The number of carbonyl (C=O) groups is 2. The smallest absolute Gasteiger partial charge is 0.327 e. The zero-order valence-corrected chi connectivity index (χ0v) is 18.2. The molecule has 2 rings (SSSR count). The molecule has 0 bridgehead atoms. The quantitative estimate of drug-likeness (QED) is 0.680. The average Bonchev–Trinajstić information content (AvgIpc) is 2.85. The maximum absolute atomic E-state index is 12.4. The second-order valence-electron chi connectivity index (χ2n) is 6.85. The van der Waals surface area contributed by atoms with Gasteiger partial charge in [0.15, 0.2) is 6.10 Å². The number of anilines is 2. The van der Waals surface area contributed by atoms with E-state index in [1.165, 1.54) is 6.92 Å². The van der Waals surface area contributed by atoms with Crippen molar-refractivity contribution >= 4 is 33.3 Å². The number of para-hydroxylation sites is 1. The van der Waals surface area contributed by atoms with Gasteiger partial charge in [0.1, 0.15) is 6.54 Å². The number of amides is 1. The summed E-state index contributed by atoms with van der Waals surface area (Å²) >= 11 is 0. The van der Waals surface area contributed by atoms with Crippen molar-refractivity contribution in [1.82, 2.24) is 9.78 Å². The summed E-state index contributed by atoms with van der Waals surface area (Å²) in [4.78, 5) is 24.8. The fraction of sp³-hybridized carbons (Fsp3) is 0.421. The van der Waals surface area contributed by atoms with Gasteiger partial charge in [0.2, 0.25) is 10.0 Å². The minimum absolute atomic E-state index is 0.380. The van der Waals surface area contributed by atoms with Crippen molar-refractivity contribution in [2.24, 2.45) is 7.05 Å². The fourth-order valence-electron chi connectivity index (χ4n) is 2.81. The Hall–Kier alpha value is -2.88. The maximum atomic E-state index is 12.4. The van der Waals surface area contributed by atoms with Crippen LogP contribution >= 0.6 is 0 Å². The Kier molecular flexibility index (Phi) is 6.68. The van der Waals surface area contributed by atoms with Crippen molar-refractivity contribution in [3.05, 3.63) is 41.2 Å². The topological polar surface area (TPSA) is 111 Å². The van der Waals surface area contributed by atoms with Gasteiger partial charge < -0.3 is 10.1 Å².